The minimum atomic E-state index is 0.0667. The molecule has 0 unspecified atom stereocenters. The average Bonchev–Trinajstić information content (AvgIpc) is 3.12. The molecule has 4 heteroatoms. The maximum atomic E-state index is 12.2. The van der Waals surface area contributed by atoms with Crippen LogP contribution in [0.15, 0.2) is 24.3 Å². The standard InChI is InChI=1S/C20H27N3O/c1-14-12-15(2)23(22-14)11-5-8-20(24)21-16(3)18-10-9-17-6-4-7-19(17)13-18/h9-10,12-13,16H,4-8,11H2,1-3H3,(H,21,24)/t16-/m0/s1. The molecule has 4 nitrogen and oxygen atoms in total. The number of hydrogen-bond donors (Lipinski definition) is 1. The molecule has 0 bridgehead atoms. The normalized spacial score (nSPS) is 14.5. The Morgan fingerprint density at radius 2 is 2.04 bits per heavy atom. The van der Waals surface area contributed by atoms with Gasteiger partial charge in [0.05, 0.1) is 11.7 Å². The molecule has 0 radical (unpaired) electrons. The minimum Gasteiger partial charge on any atom is -0.350 e. The van der Waals surface area contributed by atoms with Gasteiger partial charge in [-0.05, 0) is 69.2 Å². The Morgan fingerprint density at radius 1 is 1.25 bits per heavy atom. The first kappa shape index (κ1) is 16.7. The second-order valence-corrected chi connectivity index (χ2v) is 6.92. The van der Waals surface area contributed by atoms with Gasteiger partial charge in [0.25, 0.3) is 0 Å². The predicted octanol–water partition coefficient (Wildman–Crippen LogP) is 3.65. The lowest BCUT2D eigenvalue weighted by Gasteiger charge is -2.16. The number of hydrogen-bond acceptors (Lipinski definition) is 2. The van der Waals surface area contributed by atoms with Crippen LogP contribution in [0.3, 0.4) is 0 Å². The molecule has 1 aromatic heterocycles. The summed E-state index contributed by atoms with van der Waals surface area (Å²) in [5.41, 5.74) is 6.32. The quantitative estimate of drug-likeness (QED) is 0.881. The van der Waals surface area contributed by atoms with Crippen LogP contribution >= 0.6 is 0 Å². The fourth-order valence-electron chi connectivity index (χ4n) is 3.55. The number of carbonyl (C=O) groups excluding carboxylic acids is 1. The molecule has 1 amide bonds. The third-order valence-electron chi connectivity index (χ3n) is 4.88. The highest BCUT2D eigenvalue weighted by atomic mass is 16.1. The summed E-state index contributed by atoms with van der Waals surface area (Å²) in [5.74, 6) is 0.115. The van der Waals surface area contributed by atoms with Gasteiger partial charge in [0.2, 0.25) is 5.91 Å². The number of benzene rings is 1. The van der Waals surface area contributed by atoms with E-state index < -0.39 is 0 Å². The summed E-state index contributed by atoms with van der Waals surface area (Å²) < 4.78 is 1.98. The van der Waals surface area contributed by atoms with Crippen LogP contribution in [-0.4, -0.2) is 15.7 Å². The summed E-state index contributed by atoms with van der Waals surface area (Å²) >= 11 is 0. The van der Waals surface area contributed by atoms with Crippen molar-refractivity contribution in [2.45, 2.75) is 65.5 Å². The Kier molecular flexibility index (Phi) is 5.03. The fourth-order valence-corrected chi connectivity index (χ4v) is 3.55. The van der Waals surface area contributed by atoms with E-state index in [1.54, 1.807) is 0 Å². The highest BCUT2D eigenvalue weighted by Crippen LogP contribution is 2.25. The summed E-state index contributed by atoms with van der Waals surface area (Å²) in [6.07, 6.45) is 4.97. The number of nitrogens with zero attached hydrogens (tertiary/aromatic N) is 2. The first-order chi connectivity index (χ1) is 11.5. The third kappa shape index (κ3) is 3.86. The number of fused-ring (bicyclic) bond motifs is 1. The van der Waals surface area contributed by atoms with Crippen molar-refractivity contribution in [3.63, 3.8) is 0 Å². The molecular weight excluding hydrogens is 298 g/mol. The number of amides is 1. The summed E-state index contributed by atoms with van der Waals surface area (Å²) in [6, 6.07) is 8.78. The van der Waals surface area contributed by atoms with Gasteiger partial charge in [-0.1, -0.05) is 18.2 Å². The number of carbonyl (C=O) groups is 1. The van der Waals surface area contributed by atoms with Crippen molar-refractivity contribution in [1.82, 2.24) is 15.1 Å². The zero-order valence-electron chi connectivity index (χ0n) is 14.9. The SMILES string of the molecule is Cc1cc(C)n(CCCC(=O)N[C@@H](C)c2ccc3c(c2)CCC3)n1. The van der Waals surface area contributed by atoms with Crippen LogP contribution in [0.2, 0.25) is 0 Å². The van der Waals surface area contributed by atoms with E-state index in [1.165, 1.54) is 36.0 Å². The van der Waals surface area contributed by atoms with Crippen LogP contribution in [-0.2, 0) is 24.2 Å². The molecule has 0 aliphatic heterocycles. The van der Waals surface area contributed by atoms with Gasteiger partial charge in [-0.2, -0.15) is 5.10 Å². The second kappa shape index (κ2) is 7.20. The molecule has 1 aliphatic rings. The van der Waals surface area contributed by atoms with Crippen LogP contribution in [0.1, 0.15) is 60.3 Å². The first-order valence-electron chi connectivity index (χ1n) is 8.95. The summed E-state index contributed by atoms with van der Waals surface area (Å²) in [5, 5.41) is 7.56. The van der Waals surface area contributed by atoms with Gasteiger partial charge >= 0.3 is 0 Å². The highest BCUT2D eigenvalue weighted by molar-refractivity contribution is 5.76. The van der Waals surface area contributed by atoms with Gasteiger partial charge in [0.1, 0.15) is 0 Å². The monoisotopic (exact) mass is 325 g/mol. The van der Waals surface area contributed by atoms with Gasteiger partial charge < -0.3 is 5.32 Å². The van der Waals surface area contributed by atoms with Gasteiger partial charge in [-0.15, -0.1) is 0 Å². The molecule has 1 N–H and O–H groups in total. The van der Waals surface area contributed by atoms with Crippen molar-refractivity contribution in [2.24, 2.45) is 0 Å². The molecule has 1 aliphatic carbocycles. The molecule has 0 saturated heterocycles. The van der Waals surface area contributed by atoms with E-state index in [-0.39, 0.29) is 11.9 Å². The topological polar surface area (TPSA) is 46.9 Å². The van der Waals surface area contributed by atoms with Gasteiger partial charge in [-0.25, -0.2) is 0 Å². The maximum absolute atomic E-state index is 12.2. The second-order valence-electron chi connectivity index (χ2n) is 6.92. The van der Waals surface area contributed by atoms with Crippen LogP contribution in [0.4, 0.5) is 0 Å². The van der Waals surface area contributed by atoms with E-state index in [9.17, 15) is 4.79 Å². The van der Waals surface area contributed by atoms with E-state index in [1.807, 2.05) is 11.6 Å². The zero-order chi connectivity index (χ0) is 17.1. The first-order valence-corrected chi connectivity index (χ1v) is 8.95. The molecule has 0 fully saturated rings. The smallest absolute Gasteiger partial charge is 0.220 e. The lowest BCUT2D eigenvalue weighted by Crippen LogP contribution is -2.26. The molecule has 1 aromatic carbocycles. The molecule has 0 spiro atoms. The Labute approximate surface area is 144 Å². The highest BCUT2D eigenvalue weighted by Gasteiger charge is 2.15. The molecular formula is C20H27N3O. The van der Waals surface area contributed by atoms with Gasteiger partial charge in [0.15, 0.2) is 0 Å². The molecule has 0 saturated carbocycles. The van der Waals surface area contributed by atoms with E-state index in [0.29, 0.717) is 6.42 Å². The van der Waals surface area contributed by atoms with Gasteiger partial charge in [-0.3, -0.25) is 9.48 Å². The van der Waals surface area contributed by atoms with E-state index in [4.69, 9.17) is 0 Å². The van der Waals surface area contributed by atoms with Crippen molar-refractivity contribution in [3.05, 3.63) is 52.3 Å². The number of nitrogens with one attached hydrogen (secondary N) is 1. The molecule has 24 heavy (non-hydrogen) atoms. The average molecular weight is 325 g/mol. The number of rotatable bonds is 6. The van der Waals surface area contributed by atoms with E-state index in [2.05, 4.69) is 48.5 Å². The minimum absolute atomic E-state index is 0.0667. The van der Waals surface area contributed by atoms with Crippen molar-refractivity contribution < 1.29 is 4.79 Å². The van der Waals surface area contributed by atoms with Gasteiger partial charge in [0, 0.05) is 18.7 Å². The predicted molar refractivity (Wildman–Crippen MR) is 96.0 cm³/mol. The molecule has 1 heterocycles. The van der Waals surface area contributed by atoms with Crippen LogP contribution in [0.5, 0.6) is 0 Å². The largest absolute Gasteiger partial charge is 0.350 e. The molecule has 1 atom stereocenters. The van der Waals surface area contributed by atoms with Crippen molar-refractivity contribution in [3.8, 4) is 0 Å². The Hall–Kier alpha value is -2.10. The van der Waals surface area contributed by atoms with Crippen LogP contribution < -0.4 is 5.32 Å². The van der Waals surface area contributed by atoms with E-state index >= 15 is 0 Å². The number of aryl methyl sites for hydroxylation is 5. The van der Waals surface area contributed by atoms with Crippen molar-refractivity contribution >= 4 is 5.91 Å². The Bertz CT molecular complexity index is 732. The molecule has 2 aromatic rings. The molecule has 3 rings (SSSR count). The summed E-state index contributed by atoms with van der Waals surface area (Å²) in [4.78, 5) is 12.2. The maximum Gasteiger partial charge on any atom is 0.220 e. The van der Waals surface area contributed by atoms with Crippen LogP contribution in [0.25, 0.3) is 0 Å². The summed E-state index contributed by atoms with van der Waals surface area (Å²) in [7, 11) is 0. The van der Waals surface area contributed by atoms with Crippen molar-refractivity contribution in [2.75, 3.05) is 0 Å². The Morgan fingerprint density at radius 3 is 2.79 bits per heavy atom. The Balaban J connectivity index is 1.48. The van der Waals surface area contributed by atoms with Crippen LogP contribution in [0, 0.1) is 13.8 Å². The zero-order valence-corrected chi connectivity index (χ0v) is 14.9. The lowest BCUT2D eigenvalue weighted by molar-refractivity contribution is -0.121. The van der Waals surface area contributed by atoms with Crippen molar-refractivity contribution in [1.29, 1.82) is 0 Å². The van der Waals surface area contributed by atoms with E-state index in [0.717, 1.165) is 24.4 Å². The summed E-state index contributed by atoms with van der Waals surface area (Å²) in [6.45, 7) is 6.90. The number of aromatic nitrogens is 2. The fraction of sp³-hybridized carbons (Fsp3) is 0.500. The molecule has 128 valence electrons. The third-order valence-corrected chi connectivity index (χ3v) is 4.88. The lowest BCUT2D eigenvalue weighted by atomic mass is 10.0.